The SMILES string of the molecule is Cc1ccc2c(c1)C[C@@](C(=O)OC(C)(C)C)(C(F)(F)F)C2=O. The number of aryl methyl sites for hydroxylation is 1. The van der Waals surface area contributed by atoms with Crippen molar-refractivity contribution in [2.24, 2.45) is 5.41 Å². The van der Waals surface area contributed by atoms with Crippen molar-refractivity contribution >= 4 is 11.8 Å². The molecule has 1 aromatic carbocycles. The number of hydrogen-bond donors (Lipinski definition) is 0. The topological polar surface area (TPSA) is 43.4 Å². The molecule has 3 nitrogen and oxygen atoms in total. The molecule has 1 atom stereocenters. The van der Waals surface area contributed by atoms with Gasteiger partial charge < -0.3 is 4.74 Å². The first-order valence-corrected chi connectivity index (χ1v) is 6.83. The van der Waals surface area contributed by atoms with Gasteiger partial charge in [0.15, 0.2) is 5.78 Å². The molecule has 1 aromatic rings. The molecule has 1 aliphatic rings. The van der Waals surface area contributed by atoms with Crippen LogP contribution in [0.15, 0.2) is 18.2 Å². The Labute approximate surface area is 126 Å². The minimum absolute atomic E-state index is 0.0613. The van der Waals surface area contributed by atoms with Crippen LogP contribution in [0.4, 0.5) is 13.2 Å². The summed E-state index contributed by atoms with van der Waals surface area (Å²) < 4.78 is 45.8. The van der Waals surface area contributed by atoms with Crippen LogP contribution in [-0.4, -0.2) is 23.5 Å². The Balaban J connectivity index is 2.56. The van der Waals surface area contributed by atoms with Gasteiger partial charge in [0.25, 0.3) is 0 Å². The molecular weight excluding hydrogens is 297 g/mol. The van der Waals surface area contributed by atoms with E-state index in [1.54, 1.807) is 13.0 Å². The van der Waals surface area contributed by atoms with Gasteiger partial charge in [-0.25, -0.2) is 0 Å². The molecule has 0 spiro atoms. The first kappa shape index (κ1) is 16.5. The molecule has 0 bridgehead atoms. The lowest BCUT2D eigenvalue weighted by molar-refractivity contribution is -0.223. The zero-order valence-electron chi connectivity index (χ0n) is 12.8. The number of ether oxygens (including phenoxy) is 1. The highest BCUT2D eigenvalue weighted by molar-refractivity contribution is 6.16. The molecule has 0 saturated heterocycles. The van der Waals surface area contributed by atoms with Gasteiger partial charge in [0.05, 0.1) is 0 Å². The van der Waals surface area contributed by atoms with Gasteiger partial charge in [-0.05, 0) is 33.3 Å². The second-order valence-corrected chi connectivity index (χ2v) is 6.57. The van der Waals surface area contributed by atoms with E-state index in [9.17, 15) is 22.8 Å². The summed E-state index contributed by atoms with van der Waals surface area (Å²) in [5.41, 5.74) is -3.35. The average molecular weight is 314 g/mol. The van der Waals surface area contributed by atoms with E-state index in [4.69, 9.17) is 4.74 Å². The minimum atomic E-state index is -5.01. The first-order chi connectivity index (χ1) is 9.88. The Bertz CT molecular complexity index is 641. The second kappa shape index (κ2) is 4.83. The number of halogens is 3. The smallest absolute Gasteiger partial charge is 0.412 e. The summed E-state index contributed by atoms with van der Waals surface area (Å²) in [6.07, 6.45) is -5.72. The molecule has 2 rings (SSSR count). The average Bonchev–Trinajstić information content (AvgIpc) is 2.60. The molecule has 0 amide bonds. The standard InChI is InChI=1S/C16H17F3O3/c1-9-5-6-11-10(7-9)8-15(12(11)20,16(17,18)19)13(21)22-14(2,3)4/h5-7H,8H2,1-4H3/t15-/m1/s1. The Morgan fingerprint density at radius 1 is 1.23 bits per heavy atom. The van der Waals surface area contributed by atoms with Crippen molar-refractivity contribution < 1.29 is 27.5 Å². The number of ketones is 1. The molecule has 0 aromatic heterocycles. The molecule has 0 fully saturated rings. The summed E-state index contributed by atoms with van der Waals surface area (Å²) in [4.78, 5) is 24.6. The molecule has 22 heavy (non-hydrogen) atoms. The Hall–Kier alpha value is -1.85. The van der Waals surface area contributed by atoms with Crippen molar-refractivity contribution in [2.75, 3.05) is 0 Å². The summed E-state index contributed by atoms with van der Waals surface area (Å²) in [5.74, 6) is -2.77. The van der Waals surface area contributed by atoms with E-state index in [-0.39, 0.29) is 11.1 Å². The zero-order valence-corrected chi connectivity index (χ0v) is 12.8. The van der Waals surface area contributed by atoms with Crippen LogP contribution in [0.5, 0.6) is 0 Å². The largest absolute Gasteiger partial charge is 0.459 e. The van der Waals surface area contributed by atoms with Gasteiger partial charge in [-0.1, -0.05) is 23.8 Å². The van der Waals surface area contributed by atoms with Crippen molar-refractivity contribution in [3.8, 4) is 0 Å². The predicted octanol–water partition coefficient (Wildman–Crippen LogP) is 3.62. The molecule has 0 saturated carbocycles. The fraction of sp³-hybridized carbons (Fsp3) is 0.500. The molecule has 0 heterocycles. The van der Waals surface area contributed by atoms with Crippen LogP contribution in [0.25, 0.3) is 0 Å². The molecule has 0 aliphatic heterocycles. The van der Waals surface area contributed by atoms with E-state index in [0.717, 1.165) is 5.56 Å². The van der Waals surface area contributed by atoms with Gasteiger partial charge >= 0.3 is 12.1 Å². The van der Waals surface area contributed by atoms with E-state index < -0.39 is 35.4 Å². The van der Waals surface area contributed by atoms with Crippen molar-refractivity contribution in [3.63, 3.8) is 0 Å². The summed E-state index contributed by atoms with van der Waals surface area (Å²) in [7, 11) is 0. The number of carbonyl (C=O) groups is 2. The number of carbonyl (C=O) groups excluding carboxylic acids is 2. The fourth-order valence-electron chi connectivity index (χ4n) is 2.56. The van der Waals surface area contributed by atoms with Crippen LogP contribution in [0.3, 0.4) is 0 Å². The van der Waals surface area contributed by atoms with Crippen LogP contribution in [-0.2, 0) is 16.0 Å². The molecule has 6 heteroatoms. The highest BCUT2D eigenvalue weighted by Crippen LogP contribution is 2.50. The lowest BCUT2D eigenvalue weighted by Gasteiger charge is -2.31. The Morgan fingerprint density at radius 3 is 2.32 bits per heavy atom. The van der Waals surface area contributed by atoms with E-state index in [0.29, 0.717) is 0 Å². The maximum absolute atomic E-state index is 13.6. The summed E-state index contributed by atoms with van der Waals surface area (Å²) in [6.45, 7) is 6.11. The molecule has 0 radical (unpaired) electrons. The van der Waals surface area contributed by atoms with Crippen molar-refractivity contribution in [3.05, 3.63) is 34.9 Å². The molecule has 120 valence electrons. The fourth-order valence-corrected chi connectivity index (χ4v) is 2.56. The highest BCUT2D eigenvalue weighted by atomic mass is 19.4. The van der Waals surface area contributed by atoms with Gasteiger partial charge in [0.1, 0.15) is 5.60 Å². The maximum Gasteiger partial charge on any atom is 0.412 e. The monoisotopic (exact) mass is 314 g/mol. The molecular formula is C16H17F3O3. The zero-order chi connectivity index (χ0) is 16.9. The number of Topliss-reactive ketones (excluding diaryl/α,β-unsaturated/α-hetero) is 1. The van der Waals surface area contributed by atoms with E-state index in [1.807, 2.05) is 0 Å². The predicted molar refractivity (Wildman–Crippen MR) is 73.5 cm³/mol. The van der Waals surface area contributed by atoms with E-state index in [2.05, 4.69) is 0 Å². The van der Waals surface area contributed by atoms with Crippen LogP contribution in [0.2, 0.25) is 0 Å². The van der Waals surface area contributed by atoms with Gasteiger partial charge in [0.2, 0.25) is 5.41 Å². The summed E-state index contributed by atoms with van der Waals surface area (Å²) >= 11 is 0. The van der Waals surface area contributed by atoms with Crippen molar-refractivity contribution in [1.29, 1.82) is 0 Å². The van der Waals surface area contributed by atoms with Crippen molar-refractivity contribution in [2.45, 2.75) is 45.9 Å². The third kappa shape index (κ3) is 2.51. The van der Waals surface area contributed by atoms with Gasteiger partial charge in [-0.3, -0.25) is 9.59 Å². The first-order valence-electron chi connectivity index (χ1n) is 6.83. The number of esters is 1. The Morgan fingerprint density at radius 2 is 1.82 bits per heavy atom. The van der Waals surface area contributed by atoms with E-state index in [1.165, 1.54) is 32.9 Å². The third-order valence-corrected chi connectivity index (χ3v) is 3.58. The van der Waals surface area contributed by atoms with Crippen molar-refractivity contribution in [1.82, 2.24) is 0 Å². The van der Waals surface area contributed by atoms with Crippen LogP contribution < -0.4 is 0 Å². The number of hydrogen-bond acceptors (Lipinski definition) is 3. The lowest BCUT2D eigenvalue weighted by atomic mass is 9.82. The lowest BCUT2D eigenvalue weighted by Crippen LogP contribution is -2.52. The quantitative estimate of drug-likeness (QED) is 0.587. The van der Waals surface area contributed by atoms with Crippen LogP contribution in [0, 0.1) is 12.3 Å². The molecule has 1 aliphatic carbocycles. The number of fused-ring (bicyclic) bond motifs is 1. The maximum atomic E-state index is 13.6. The molecule has 0 N–H and O–H groups in total. The second-order valence-electron chi connectivity index (χ2n) is 6.57. The Kier molecular flexibility index (Phi) is 3.62. The number of alkyl halides is 3. The normalized spacial score (nSPS) is 21.7. The van der Waals surface area contributed by atoms with Gasteiger partial charge in [0, 0.05) is 12.0 Å². The summed E-state index contributed by atoms with van der Waals surface area (Å²) in [6, 6.07) is 4.40. The van der Waals surface area contributed by atoms with E-state index >= 15 is 0 Å². The third-order valence-electron chi connectivity index (χ3n) is 3.58. The van der Waals surface area contributed by atoms with Crippen LogP contribution >= 0.6 is 0 Å². The molecule has 0 unspecified atom stereocenters. The minimum Gasteiger partial charge on any atom is -0.459 e. The number of benzene rings is 1. The van der Waals surface area contributed by atoms with Gasteiger partial charge in [-0.2, -0.15) is 13.2 Å². The summed E-state index contributed by atoms with van der Waals surface area (Å²) in [5, 5.41) is 0. The highest BCUT2D eigenvalue weighted by Gasteiger charge is 2.69. The van der Waals surface area contributed by atoms with Gasteiger partial charge in [-0.15, -0.1) is 0 Å². The number of rotatable bonds is 1. The van der Waals surface area contributed by atoms with Crippen LogP contribution in [0.1, 0.15) is 42.3 Å².